The smallest absolute Gasteiger partial charge is 0.0807 e. The zero-order chi connectivity index (χ0) is 14.4. The zero-order valence-corrected chi connectivity index (χ0v) is 12.2. The molecule has 2 aromatic rings. The number of rotatable bonds is 6. The van der Waals surface area contributed by atoms with Gasteiger partial charge in [-0.05, 0) is 24.6 Å². The molecule has 1 aromatic carbocycles. The Morgan fingerprint density at radius 2 is 1.90 bits per heavy atom. The summed E-state index contributed by atoms with van der Waals surface area (Å²) in [6, 6.07) is 14.0. The molecule has 0 spiro atoms. The Hall–Kier alpha value is -1.87. The van der Waals surface area contributed by atoms with Gasteiger partial charge in [0.15, 0.2) is 0 Å². The number of aromatic nitrogens is 1. The molecule has 1 aromatic heterocycles. The van der Waals surface area contributed by atoms with Gasteiger partial charge in [-0.2, -0.15) is 0 Å². The minimum absolute atomic E-state index is 0.400. The third-order valence-electron chi connectivity index (χ3n) is 3.52. The number of hydrogen-bond acceptors (Lipinski definition) is 3. The van der Waals surface area contributed by atoms with E-state index in [-0.39, 0.29) is 0 Å². The fraction of sp³-hybridized carbons (Fsp3) is 0.353. The van der Waals surface area contributed by atoms with Crippen LogP contribution < -0.4 is 4.90 Å². The molecule has 0 fully saturated rings. The summed E-state index contributed by atoms with van der Waals surface area (Å²) in [5.74, 6) is 0. The van der Waals surface area contributed by atoms with E-state index < -0.39 is 6.10 Å². The number of nitrogens with zero attached hydrogens (tertiary/aromatic N) is 2. The van der Waals surface area contributed by atoms with Crippen LogP contribution in [0.2, 0.25) is 0 Å². The van der Waals surface area contributed by atoms with Crippen molar-refractivity contribution in [2.24, 2.45) is 0 Å². The summed E-state index contributed by atoms with van der Waals surface area (Å²) in [6.45, 7) is 2.87. The van der Waals surface area contributed by atoms with E-state index in [1.165, 1.54) is 0 Å². The minimum Gasteiger partial charge on any atom is -0.388 e. The number of para-hydroxylation sites is 1. The second-order valence-electron chi connectivity index (χ2n) is 4.98. The van der Waals surface area contributed by atoms with Crippen molar-refractivity contribution in [2.45, 2.75) is 25.9 Å². The van der Waals surface area contributed by atoms with E-state index in [1.807, 2.05) is 49.5 Å². The van der Waals surface area contributed by atoms with Crippen LogP contribution in [-0.4, -0.2) is 23.7 Å². The SMILES string of the molecule is CC[C@@H](O)c1ccccc1N(C)CCc1ccccn1. The summed E-state index contributed by atoms with van der Waals surface area (Å²) in [7, 11) is 2.06. The first-order valence-electron chi connectivity index (χ1n) is 7.10. The fourth-order valence-corrected chi connectivity index (χ4v) is 2.29. The largest absolute Gasteiger partial charge is 0.388 e. The Morgan fingerprint density at radius 1 is 1.15 bits per heavy atom. The maximum atomic E-state index is 10.1. The van der Waals surface area contributed by atoms with Crippen LogP contribution in [0.3, 0.4) is 0 Å². The summed E-state index contributed by atoms with van der Waals surface area (Å²) in [6.07, 6.45) is 3.05. The molecule has 0 aliphatic heterocycles. The van der Waals surface area contributed by atoms with Gasteiger partial charge in [0.2, 0.25) is 0 Å². The Kier molecular flexibility index (Phi) is 5.13. The summed E-state index contributed by atoms with van der Waals surface area (Å²) in [4.78, 5) is 6.53. The molecule has 0 saturated heterocycles. The lowest BCUT2D eigenvalue weighted by molar-refractivity contribution is 0.174. The molecule has 20 heavy (non-hydrogen) atoms. The summed E-state index contributed by atoms with van der Waals surface area (Å²) < 4.78 is 0. The van der Waals surface area contributed by atoms with Gasteiger partial charge >= 0.3 is 0 Å². The maximum Gasteiger partial charge on any atom is 0.0807 e. The molecule has 0 amide bonds. The van der Waals surface area contributed by atoms with E-state index in [0.29, 0.717) is 0 Å². The first kappa shape index (κ1) is 14.5. The average molecular weight is 270 g/mol. The molecule has 106 valence electrons. The lowest BCUT2D eigenvalue weighted by Crippen LogP contribution is -2.22. The quantitative estimate of drug-likeness (QED) is 0.875. The highest BCUT2D eigenvalue weighted by atomic mass is 16.3. The maximum absolute atomic E-state index is 10.1. The topological polar surface area (TPSA) is 36.4 Å². The molecule has 0 saturated carbocycles. The number of anilines is 1. The Morgan fingerprint density at radius 3 is 2.60 bits per heavy atom. The number of hydrogen-bond donors (Lipinski definition) is 1. The highest BCUT2D eigenvalue weighted by molar-refractivity contribution is 5.54. The molecule has 1 atom stereocenters. The van der Waals surface area contributed by atoms with Crippen LogP contribution in [0.4, 0.5) is 5.69 Å². The molecule has 0 aliphatic carbocycles. The molecule has 1 N–H and O–H groups in total. The molecule has 3 heteroatoms. The van der Waals surface area contributed by atoms with Gasteiger partial charge in [-0.15, -0.1) is 0 Å². The second kappa shape index (κ2) is 7.06. The Bertz CT molecular complexity index is 528. The van der Waals surface area contributed by atoms with Gasteiger partial charge in [-0.25, -0.2) is 0 Å². The van der Waals surface area contributed by atoms with E-state index in [2.05, 4.69) is 23.0 Å². The average Bonchev–Trinajstić information content (AvgIpc) is 2.52. The van der Waals surface area contributed by atoms with E-state index in [4.69, 9.17) is 0 Å². The van der Waals surface area contributed by atoms with Crippen molar-refractivity contribution in [3.8, 4) is 0 Å². The highest BCUT2D eigenvalue weighted by Crippen LogP contribution is 2.27. The first-order chi connectivity index (χ1) is 9.72. The summed E-state index contributed by atoms with van der Waals surface area (Å²) in [5.41, 5.74) is 3.18. The number of pyridine rings is 1. The van der Waals surface area contributed by atoms with E-state index >= 15 is 0 Å². The van der Waals surface area contributed by atoms with Crippen molar-refractivity contribution in [1.29, 1.82) is 0 Å². The Balaban J connectivity index is 2.07. The normalized spacial score (nSPS) is 12.2. The van der Waals surface area contributed by atoms with Gasteiger partial charge in [0.1, 0.15) is 0 Å². The molecule has 1 heterocycles. The van der Waals surface area contributed by atoms with Gasteiger partial charge in [0.25, 0.3) is 0 Å². The first-order valence-corrected chi connectivity index (χ1v) is 7.10. The monoisotopic (exact) mass is 270 g/mol. The lowest BCUT2D eigenvalue weighted by atomic mass is 10.0. The number of aliphatic hydroxyl groups is 1. The zero-order valence-electron chi connectivity index (χ0n) is 12.2. The van der Waals surface area contributed by atoms with Crippen molar-refractivity contribution in [1.82, 2.24) is 4.98 Å². The van der Waals surface area contributed by atoms with Crippen molar-refractivity contribution in [3.05, 3.63) is 59.9 Å². The number of likely N-dealkylation sites (N-methyl/N-ethyl adjacent to an activating group) is 1. The Labute approximate surface area is 120 Å². The van der Waals surface area contributed by atoms with Crippen LogP contribution in [0, 0.1) is 0 Å². The second-order valence-corrected chi connectivity index (χ2v) is 4.98. The van der Waals surface area contributed by atoms with Crippen LogP contribution in [0.25, 0.3) is 0 Å². The molecule has 0 bridgehead atoms. The third-order valence-corrected chi connectivity index (χ3v) is 3.52. The van der Waals surface area contributed by atoms with Gasteiger partial charge < -0.3 is 10.0 Å². The van der Waals surface area contributed by atoms with Crippen LogP contribution in [-0.2, 0) is 6.42 Å². The van der Waals surface area contributed by atoms with E-state index in [0.717, 1.165) is 36.3 Å². The van der Waals surface area contributed by atoms with Crippen LogP contribution in [0.1, 0.15) is 30.7 Å². The summed E-state index contributed by atoms with van der Waals surface area (Å²) in [5, 5.41) is 10.1. The van der Waals surface area contributed by atoms with Crippen LogP contribution in [0.15, 0.2) is 48.7 Å². The number of benzene rings is 1. The predicted molar refractivity (Wildman–Crippen MR) is 82.9 cm³/mol. The fourth-order valence-electron chi connectivity index (χ4n) is 2.29. The molecule has 3 nitrogen and oxygen atoms in total. The molecule has 0 unspecified atom stereocenters. The lowest BCUT2D eigenvalue weighted by Gasteiger charge is -2.24. The van der Waals surface area contributed by atoms with E-state index in [1.54, 1.807) is 0 Å². The summed E-state index contributed by atoms with van der Waals surface area (Å²) >= 11 is 0. The van der Waals surface area contributed by atoms with Gasteiger partial charge in [-0.3, -0.25) is 4.98 Å². The van der Waals surface area contributed by atoms with Crippen molar-refractivity contribution in [3.63, 3.8) is 0 Å². The number of aliphatic hydroxyl groups excluding tert-OH is 1. The third kappa shape index (κ3) is 3.58. The van der Waals surface area contributed by atoms with Crippen molar-refractivity contribution in [2.75, 3.05) is 18.5 Å². The molecular formula is C17H22N2O. The molecule has 2 rings (SSSR count). The van der Waals surface area contributed by atoms with E-state index in [9.17, 15) is 5.11 Å². The van der Waals surface area contributed by atoms with Crippen molar-refractivity contribution >= 4 is 5.69 Å². The van der Waals surface area contributed by atoms with Crippen LogP contribution >= 0.6 is 0 Å². The minimum atomic E-state index is -0.400. The predicted octanol–water partition coefficient (Wildman–Crippen LogP) is 3.20. The van der Waals surface area contributed by atoms with Gasteiger partial charge in [0.05, 0.1) is 6.10 Å². The van der Waals surface area contributed by atoms with Gasteiger partial charge in [-0.1, -0.05) is 31.2 Å². The van der Waals surface area contributed by atoms with Crippen molar-refractivity contribution < 1.29 is 5.11 Å². The molecule has 0 radical (unpaired) electrons. The standard InChI is InChI=1S/C17H22N2O/c1-3-17(20)15-9-4-5-10-16(15)19(2)13-11-14-8-6-7-12-18-14/h4-10,12,17,20H,3,11,13H2,1-2H3/t17-/m1/s1. The highest BCUT2D eigenvalue weighted by Gasteiger charge is 2.12. The molecule has 0 aliphatic rings. The van der Waals surface area contributed by atoms with Gasteiger partial charge in [0, 0.05) is 43.2 Å². The molecular weight excluding hydrogens is 248 g/mol. The van der Waals surface area contributed by atoms with Crippen LogP contribution in [0.5, 0.6) is 0 Å².